The third kappa shape index (κ3) is 5.31. The molecule has 0 fully saturated rings. The highest BCUT2D eigenvalue weighted by atomic mass is 32.2. The maximum Gasteiger partial charge on any atom is 0.446 e. The fourth-order valence-corrected chi connectivity index (χ4v) is 2.57. The van der Waals surface area contributed by atoms with Crippen LogP contribution in [-0.2, 0) is 22.4 Å². The van der Waals surface area contributed by atoms with Crippen molar-refractivity contribution in [2.75, 3.05) is 6.61 Å². The van der Waals surface area contributed by atoms with Crippen LogP contribution in [0.4, 0.5) is 13.2 Å². The van der Waals surface area contributed by atoms with Crippen LogP contribution >= 0.6 is 11.8 Å². The van der Waals surface area contributed by atoms with Crippen LogP contribution in [0.1, 0.15) is 30.5 Å². The zero-order valence-electron chi connectivity index (χ0n) is 11.6. The van der Waals surface area contributed by atoms with Gasteiger partial charge in [-0.15, -0.1) is 0 Å². The van der Waals surface area contributed by atoms with Crippen LogP contribution in [0.25, 0.3) is 0 Å². The van der Waals surface area contributed by atoms with Crippen molar-refractivity contribution < 1.29 is 22.7 Å². The zero-order valence-corrected chi connectivity index (χ0v) is 12.4. The van der Waals surface area contributed by atoms with Crippen LogP contribution in [0.2, 0.25) is 0 Å². The molecule has 0 bridgehead atoms. The smallest absolute Gasteiger partial charge is 0.446 e. The Balaban J connectivity index is 3.21. The van der Waals surface area contributed by atoms with Gasteiger partial charge < -0.3 is 4.74 Å². The maximum atomic E-state index is 12.6. The van der Waals surface area contributed by atoms with Gasteiger partial charge >= 0.3 is 11.5 Å². The minimum Gasteiger partial charge on any atom is -0.466 e. The zero-order chi connectivity index (χ0) is 16.0. The number of halogens is 3. The molecular weight excluding hydrogens is 303 g/mol. The van der Waals surface area contributed by atoms with Crippen molar-refractivity contribution in [2.45, 2.75) is 37.1 Å². The summed E-state index contributed by atoms with van der Waals surface area (Å²) in [6, 6.07) is 4.61. The third-order valence-corrected chi connectivity index (χ3v) is 3.39. The summed E-state index contributed by atoms with van der Waals surface area (Å²) in [5.74, 6) is -0.507. The van der Waals surface area contributed by atoms with E-state index in [2.05, 4.69) is 0 Å². The highest BCUT2D eigenvalue weighted by Gasteiger charge is 2.31. The lowest BCUT2D eigenvalue weighted by Gasteiger charge is -2.13. The Labute approximate surface area is 125 Å². The predicted octanol–water partition coefficient (Wildman–Crippen LogP) is 3.84. The molecule has 0 spiro atoms. The summed E-state index contributed by atoms with van der Waals surface area (Å²) in [4.78, 5) is 11.3. The lowest BCUT2D eigenvalue weighted by molar-refractivity contribution is -0.142. The van der Waals surface area contributed by atoms with Gasteiger partial charge in [0, 0.05) is 4.90 Å². The Morgan fingerprint density at radius 3 is 2.52 bits per heavy atom. The molecule has 0 aliphatic rings. The van der Waals surface area contributed by atoms with Crippen LogP contribution in [0.5, 0.6) is 0 Å². The molecule has 7 heteroatoms. The number of alkyl halides is 3. The lowest BCUT2D eigenvalue weighted by atomic mass is 10.0. The van der Waals surface area contributed by atoms with Gasteiger partial charge in [0.15, 0.2) is 0 Å². The second-order valence-electron chi connectivity index (χ2n) is 4.12. The van der Waals surface area contributed by atoms with Gasteiger partial charge in [-0.3, -0.25) is 4.79 Å². The SMILES string of the molecule is CCOC(=O)Cc1cc(CC)c(C#N)c(SC(F)(F)F)c1. The lowest BCUT2D eigenvalue weighted by Crippen LogP contribution is -2.09. The van der Waals surface area contributed by atoms with Crippen LogP contribution in [0.15, 0.2) is 17.0 Å². The molecule has 1 rings (SSSR count). The number of ether oxygens (including phenoxy) is 1. The molecule has 0 atom stereocenters. The molecule has 21 heavy (non-hydrogen) atoms. The number of esters is 1. The van der Waals surface area contributed by atoms with E-state index in [-0.39, 0.29) is 35.2 Å². The number of benzene rings is 1. The molecule has 0 saturated carbocycles. The molecule has 0 amide bonds. The van der Waals surface area contributed by atoms with Crippen molar-refractivity contribution in [1.29, 1.82) is 5.26 Å². The first-order chi connectivity index (χ1) is 9.80. The molecule has 0 aliphatic heterocycles. The van der Waals surface area contributed by atoms with Crippen molar-refractivity contribution in [2.24, 2.45) is 0 Å². The first kappa shape index (κ1) is 17.4. The summed E-state index contributed by atoms with van der Waals surface area (Å²) in [6.07, 6.45) is 0.295. The van der Waals surface area contributed by atoms with E-state index in [0.717, 1.165) is 0 Å². The Morgan fingerprint density at radius 1 is 1.38 bits per heavy atom. The highest BCUT2D eigenvalue weighted by molar-refractivity contribution is 8.00. The number of rotatable bonds is 5. The number of carbonyl (C=O) groups excluding carboxylic acids is 1. The molecule has 1 aromatic rings. The Bertz CT molecular complexity index is 565. The number of nitrogens with zero attached hydrogens (tertiary/aromatic N) is 1. The van der Waals surface area contributed by atoms with Crippen molar-refractivity contribution in [3.05, 3.63) is 28.8 Å². The van der Waals surface area contributed by atoms with Gasteiger partial charge in [0.2, 0.25) is 0 Å². The fraction of sp³-hybridized carbons (Fsp3) is 0.429. The van der Waals surface area contributed by atoms with Crippen molar-refractivity contribution >= 4 is 17.7 Å². The molecule has 0 N–H and O–H groups in total. The first-order valence-electron chi connectivity index (χ1n) is 6.28. The summed E-state index contributed by atoms with van der Waals surface area (Å²) >= 11 is -0.339. The van der Waals surface area contributed by atoms with Gasteiger partial charge in [0.1, 0.15) is 6.07 Å². The molecule has 114 valence electrons. The average molecular weight is 317 g/mol. The van der Waals surface area contributed by atoms with Gasteiger partial charge in [-0.1, -0.05) is 13.0 Å². The maximum absolute atomic E-state index is 12.6. The largest absolute Gasteiger partial charge is 0.466 e. The van der Waals surface area contributed by atoms with Gasteiger partial charge in [0.25, 0.3) is 0 Å². The van der Waals surface area contributed by atoms with Crippen molar-refractivity contribution in [3.63, 3.8) is 0 Å². The van der Waals surface area contributed by atoms with Crippen LogP contribution in [0, 0.1) is 11.3 Å². The van der Waals surface area contributed by atoms with E-state index in [1.54, 1.807) is 26.0 Å². The number of nitriles is 1. The molecule has 0 heterocycles. The first-order valence-corrected chi connectivity index (χ1v) is 7.09. The number of hydrogen-bond acceptors (Lipinski definition) is 4. The molecule has 0 unspecified atom stereocenters. The number of aryl methyl sites for hydroxylation is 1. The summed E-state index contributed by atoms with van der Waals surface area (Å²) in [7, 11) is 0. The molecule has 0 aromatic heterocycles. The van der Waals surface area contributed by atoms with Crippen molar-refractivity contribution in [1.82, 2.24) is 0 Å². The molecule has 0 aliphatic carbocycles. The quantitative estimate of drug-likeness (QED) is 0.611. The summed E-state index contributed by atoms with van der Waals surface area (Å²) in [6.45, 7) is 3.60. The fourth-order valence-electron chi connectivity index (χ4n) is 1.83. The van der Waals surface area contributed by atoms with Gasteiger partial charge in [-0.2, -0.15) is 18.4 Å². The summed E-state index contributed by atoms with van der Waals surface area (Å²) in [5, 5.41) is 9.06. The van der Waals surface area contributed by atoms with Gasteiger partial charge in [0.05, 0.1) is 18.6 Å². The van der Waals surface area contributed by atoms with Gasteiger partial charge in [-0.25, -0.2) is 0 Å². The minimum absolute atomic E-state index is 0.00688. The van der Waals surface area contributed by atoms with Crippen molar-refractivity contribution in [3.8, 4) is 6.07 Å². The van der Waals surface area contributed by atoms with Gasteiger partial charge in [-0.05, 0) is 42.3 Å². The Kier molecular flexibility index (Phi) is 6.09. The number of hydrogen-bond donors (Lipinski definition) is 0. The van der Waals surface area contributed by atoms with E-state index >= 15 is 0 Å². The molecule has 3 nitrogen and oxygen atoms in total. The van der Waals surface area contributed by atoms with E-state index in [0.29, 0.717) is 17.5 Å². The van der Waals surface area contributed by atoms with E-state index in [1.807, 2.05) is 0 Å². The van der Waals surface area contributed by atoms with Crippen LogP contribution in [0.3, 0.4) is 0 Å². The minimum atomic E-state index is -4.49. The third-order valence-electron chi connectivity index (χ3n) is 2.62. The number of thioether (sulfide) groups is 1. The number of carbonyl (C=O) groups is 1. The molecule has 1 aromatic carbocycles. The van der Waals surface area contributed by atoms with E-state index in [9.17, 15) is 18.0 Å². The average Bonchev–Trinajstić information content (AvgIpc) is 2.36. The topological polar surface area (TPSA) is 50.1 Å². The summed E-state index contributed by atoms with van der Waals surface area (Å²) in [5.41, 5.74) is -3.58. The second-order valence-corrected chi connectivity index (χ2v) is 5.23. The Morgan fingerprint density at radius 2 is 2.05 bits per heavy atom. The second kappa shape index (κ2) is 7.36. The predicted molar refractivity (Wildman–Crippen MR) is 72.8 cm³/mol. The van der Waals surface area contributed by atoms with Crippen LogP contribution in [-0.4, -0.2) is 18.1 Å². The van der Waals surface area contributed by atoms with E-state index in [4.69, 9.17) is 10.00 Å². The van der Waals surface area contributed by atoms with E-state index in [1.165, 1.54) is 6.07 Å². The normalized spacial score (nSPS) is 11.0. The standard InChI is InChI=1S/C14H14F3NO2S/c1-3-10-5-9(7-13(19)20-4-2)6-12(11(10)8-18)21-14(15,16)17/h5-6H,3-4,7H2,1-2H3. The monoisotopic (exact) mass is 317 g/mol. The summed E-state index contributed by atoms with van der Waals surface area (Å²) < 4.78 is 42.5. The Hall–Kier alpha value is -1.68. The molecule has 0 saturated heterocycles. The van der Waals surface area contributed by atoms with Crippen LogP contribution < -0.4 is 0 Å². The van der Waals surface area contributed by atoms with E-state index < -0.39 is 11.5 Å². The molecule has 0 radical (unpaired) electrons. The molecular formula is C14H14F3NO2S. The highest BCUT2D eigenvalue weighted by Crippen LogP contribution is 2.40.